The van der Waals surface area contributed by atoms with E-state index in [1.807, 2.05) is 6.07 Å². The van der Waals surface area contributed by atoms with Gasteiger partial charge in [0, 0.05) is 33.1 Å². The molecule has 1 heterocycles. The van der Waals surface area contributed by atoms with E-state index in [0.717, 1.165) is 10.0 Å². The first-order valence-electron chi connectivity index (χ1n) is 5.38. The van der Waals surface area contributed by atoms with E-state index in [0.29, 0.717) is 16.3 Å². The van der Waals surface area contributed by atoms with Crippen molar-refractivity contribution in [3.05, 3.63) is 57.3 Å². The second kappa shape index (κ2) is 6.04. The lowest BCUT2D eigenvalue weighted by Gasteiger charge is -2.07. The van der Waals surface area contributed by atoms with Crippen molar-refractivity contribution < 1.29 is 9.53 Å². The minimum atomic E-state index is -0.492. The van der Waals surface area contributed by atoms with Gasteiger partial charge in [-0.25, -0.2) is 4.79 Å². The van der Waals surface area contributed by atoms with Gasteiger partial charge in [0.1, 0.15) is 6.61 Å². The maximum absolute atomic E-state index is 11.9. The molecule has 0 atom stereocenters. The first-order valence-corrected chi connectivity index (χ1v) is 6.55. The summed E-state index contributed by atoms with van der Waals surface area (Å²) in [4.78, 5) is 15.8. The van der Waals surface area contributed by atoms with Gasteiger partial charge in [-0.1, -0.05) is 11.6 Å². The number of rotatable bonds is 3. The van der Waals surface area contributed by atoms with E-state index < -0.39 is 5.97 Å². The largest absolute Gasteiger partial charge is 0.457 e. The molecule has 0 saturated carbocycles. The van der Waals surface area contributed by atoms with E-state index in [1.165, 1.54) is 6.07 Å². The fourth-order valence-electron chi connectivity index (χ4n) is 1.48. The van der Waals surface area contributed by atoms with Gasteiger partial charge in [0.2, 0.25) is 0 Å². The number of aromatic nitrogens is 1. The summed E-state index contributed by atoms with van der Waals surface area (Å²) in [5, 5.41) is 0.477. The summed E-state index contributed by atoms with van der Waals surface area (Å²) in [6.45, 7) is 0.132. The minimum Gasteiger partial charge on any atom is -0.457 e. The van der Waals surface area contributed by atoms with Crippen LogP contribution >= 0.6 is 27.5 Å². The standard InChI is InChI=1S/C13H10BrClN2O2/c14-9-3-8(5-17-6-9)7-19-13(18)11-2-1-10(15)4-12(11)16/h1-6H,7,16H2. The summed E-state index contributed by atoms with van der Waals surface area (Å²) in [7, 11) is 0. The van der Waals surface area contributed by atoms with Crippen molar-refractivity contribution in [2.24, 2.45) is 0 Å². The predicted molar refractivity (Wildman–Crippen MR) is 76.9 cm³/mol. The molecule has 4 nitrogen and oxygen atoms in total. The molecule has 0 radical (unpaired) electrons. The number of nitrogens with zero attached hydrogens (tertiary/aromatic N) is 1. The molecule has 19 heavy (non-hydrogen) atoms. The number of hydrogen-bond donors (Lipinski definition) is 1. The molecular formula is C13H10BrClN2O2. The lowest BCUT2D eigenvalue weighted by Crippen LogP contribution is -2.08. The Hall–Kier alpha value is -1.59. The van der Waals surface area contributed by atoms with Crippen molar-refractivity contribution in [1.29, 1.82) is 0 Å². The van der Waals surface area contributed by atoms with E-state index in [9.17, 15) is 4.79 Å². The minimum absolute atomic E-state index is 0.132. The van der Waals surface area contributed by atoms with E-state index >= 15 is 0 Å². The quantitative estimate of drug-likeness (QED) is 0.686. The number of halogens is 2. The summed E-state index contributed by atoms with van der Waals surface area (Å²) in [5.41, 5.74) is 7.09. The highest BCUT2D eigenvalue weighted by Crippen LogP contribution is 2.19. The molecule has 0 saturated heterocycles. The number of carbonyl (C=O) groups excluding carboxylic acids is 1. The Balaban J connectivity index is 2.05. The number of pyridine rings is 1. The smallest absolute Gasteiger partial charge is 0.340 e. The first-order chi connectivity index (χ1) is 9.06. The van der Waals surface area contributed by atoms with Gasteiger partial charge >= 0.3 is 5.97 Å². The molecular weight excluding hydrogens is 332 g/mol. The maximum atomic E-state index is 11.9. The number of ether oxygens (including phenoxy) is 1. The molecule has 0 amide bonds. The number of nitrogens with two attached hydrogens (primary N) is 1. The molecule has 0 unspecified atom stereocenters. The van der Waals surface area contributed by atoms with Crippen LogP contribution in [-0.2, 0) is 11.3 Å². The van der Waals surface area contributed by atoms with Gasteiger partial charge in [-0.3, -0.25) is 4.98 Å². The number of benzene rings is 1. The van der Waals surface area contributed by atoms with Crippen LogP contribution in [0.4, 0.5) is 5.69 Å². The molecule has 0 aliphatic carbocycles. The van der Waals surface area contributed by atoms with Crippen molar-refractivity contribution in [2.75, 3.05) is 5.73 Å². The second-order valence-corrected chi connectivity index (χ2v) is 5.17. The van der Waals surface area contributed by atoms with Crippen molar-refractivity contribution in [3.63, 3.8) is 0 Å². The summed E-state index contributed by atoms with van der Waals surface area (Å²) >= 11 is 9.06. The molecule has 0 aliphatic heterocycles. The monoisotopic (exact) mass is 340 g/mol. The summed E-state index contributed by atoms with van der Waals surface area (Å²) in [6.07, 6.45) is 3.28. The summed E-state index contributed by atoms with van der Waals surface area (Å²) in [6, 6.07) is 6.47. The molecule has 1 aromatic heterocycles. The normalized spacial score (nSPS) is 10.2. The van der Waals surface area contributed by atoms with Gasteiger partial charge in [0.25, 0.3) is 0 Å². The number of anilines is 1. The Kier molecular flexibility index (Phi) is 4.39. The summed E-state index contributed by atoms with van der Waals surface area (Å²) in [5.74, 6) is -0.492. The van der Waals surface area contributed by atoms with Crippen LogP contribution in [0.25, 0.3) is 0 Å². The number of nitrogen functional groups attached to an aromatic ring is 1. The lowest BCUT2D eigenvalue weighted by molar-refractivity contribution is 0.0473. The highest BCUT2D eigenvalue weighted by atomic mass is 79.9. The zero-order valence-electron chi connectivity index (χ0n) is 9.77. The molecule has 98 valence electrons. The average molecular weight is 342 g/mol. The maximum Gasteiger partial charge on any atom is 0.340 e. The van der Waals surface area contributed by atoms with Gasteiger partial charge in [-0.15, -0.1) is 0 Å². The van der Waals surface area contributed by atoms with Crippen molar-refractivity contribution in [3.8, 4) is 0 Å². The Morgan fingerprint density at radius 2 is 2.16 bits per heavy atom. The van der Waals surface area contributed by atoms with E-state index in [2.05, 4.69) is 20.9 Å². The van der Waals surface area contributed by atoms with Crippen LogP contribution in [0, 0.1) is 0 Å². The molecule has 2 N–H and O–H groups in total. The van der Waals surface area contributed by atoms with E-state index in [-0.39, 0.29) is 6.61 Å². The zero-order valence-corrected chi connectivity index (χ0v) is 12.1. The van der Waals surface area contributed by atoms with Gasteiger partial charge in [-0.05, 0) is 40.2 Å². The first kappa shape index (κ1) is 13.8. The molecule has 2 rings (SSSR count). The highest BCUT2D eigenvalue weighted by Gasteiger charge is 2.11. The third kappa shape index (κ3) is 3.68. The molecule has 0 bridgehead atoms. The average Bonchev–Trinajstić information content (AvgIpc) is 2.36. The fraction of sp³-hybridized carbons (Fsp3) is 0.0769. The second-order valence-electron chi connectivity index (χ2n) is 3.82. The molecule has 2 aromatic rings. The fourth-order valence-corrected chi connectivity index (χ4v) is 2.07. The molecule has 0 fully saturated rings. The van der Waals surface area contributed by atoms with Crippen molar-refractivity contribution in [1.82, 2.24) is 4.98 Å². The summed E-state index contributed by atoms with van der Waals surface area (Å²) < 4.78 is 5.99. The molecule has 0 spiro atoms. The number of carbonyl (C=O) groups is 1. The van der Waals surface area contributed by atoms with E-state index in [4.69, 9.17) is 22.1 Å². The number of esters is 1. The van der Waals surface area contributed by atoms with Gasteiger partial charge in [0.15, 0.2) is 0 Å². The van der Waals surface area contributed by atoms with Crippen LogP contribution < -0.4 is 5.73 Å². The Bertz CT molecular complexity index is 619. The van der Waals surface area contributed by atoms with Crippen molar-refractivity contribution in [2.45, 2.75) is 6.61 Å². The third-order valence-electron chi connectivity index (χ3n) is 2.36. The molecule has 1 aromatic carbocycles. The zero-order chi connectivity index (χ0) is 13.8. The van der Waals surface area contributed by atoms with Crippen LogP contribution in [-0.4, -0.2) is 11.0 Å². The van der Waals surface area contributed by atoms with Gasteiger partial charge in [0.05, 0.1) is 5.56 Å². The lowest BCUT2D eigenvalue weighted by atomic mass is 10.2. The Morgan fingerprint density at radius 3 is 2.84 bits per heavy atom. The SMILES string of the molecule is Nc1cc(Cl)ccc1C(=O)OCc1cncc(Br)c1. The van der Waals surface area contributed by atoms with Crippen LogP contribution in [0.2, 0.25) is 5.02 Å². The topological polar surface area (TPSA) is 65.2 Å². The van der Waals surface area contributed by atoms with Crippen molar-refractivity contribution >= 4 is 39.2 Å². The third-order valence-corrected chi connectivity index (χ3v) is 3.03. The molecule has 6 heteroatoms. The van der Waals surface area contributed by atoms with Crippen LogP contribution in [0.15, 0.2) is 41.1 Å². The van der Waals surface area contributed by atoms with Crippen LogP contribution in [0.5, 0.6) is 0 Å². The predicted octanol–water partition coefficient (Wildman–Crippen LogP) is 3.44. The van der Waals surface area contributed by atoms with Gasteiger partial charge in [-0.2, -0.15) is 0 Å². The van der Waals surface area contributed by atoms with E-state index in [1.54, 1.807) is 24.5 Å². The number of hydrogen-bond acceptors (Lipinski definition) is 4. The van der Waals surface area contributed by atoms with Gasteiger partial charge < -0.3 is 10.5 Å². The van der Waals surface area contributed by atoms with Crippen LogP contribution in [0.3, 0.4) is 0 Å². The molecule has 0 aliphatic rings. The van der Waals surface area contributed by atoms with Crippen LogP contribution in [0.1, 0.15) is 15.9 Å². The Labute approximate surface area is 123 Å². The Morgan fingerprint density at radius 1 is 1.37 bits per heavy atom. The highest BCUT2D eigenvalue weighted by molar-refractivity contribution is 9.10.